The molecule has 0 amide bonds. The average molecular weight is 291 g/mol. The van der Waals surface area contributed by atoms with Gasteiger partial charge >= 0.3 is 0 Å². The van der Waals surface area contributed by atoms with Gasteiger partial charge in [-0.05, 0) is 11.6 Å². The Morgan fingerprint density at radius 1 is 1.32 bits per heavy atom. The van der Waals surface area contributed by atoms with Gasteiger partial charge in [-0.3, -0.25) is 0 Å². The molecule has 1 aromatic heterocycles. The minimum Gasteiger partial charge on any atom is -0.366 e. The highest BCUT2D eigenvalue weighted by atomic mass is 35.5. The lowest BCUT2D eigenvalue weighted by molar-refractivity contribution is 1.02. The van der Waals surface area contributed by atoms with Gasteiger partial charge in [0.15, 0.2) is 0 Å². The molecule has 1 heterocycles. The molecule has 0 radical (unpaired) electrons. The maximum atomic E-state index is 8.53. The van der Waals surface area contributed by atoms with Gasteiger partial charge in [0.05, 0.1) is 11.8 Å². The second-order valence-electron chi connectivity index (χ2n) is 3.63. The van der Waals surface area contributed by atoms with Gasteiger partial charge in [0.25, 0.3) is 0 Å². The van der Waals surface area contributed by atoms with Gasteiger partial charge in [0.2, 0.25) is 0 Å². The highest BCUT2D eigenvalue weighted by Gasteiger charge is 2.01. The first kappa shape index (κ1) is 13.7. The van der Waals surface area contributed by atoms with Crippen molar-refractivity contribution >= 4 is 29.2 Å². The van der Waals surface area contributed by atoms with Crippen LogP contribution in [-0.2, 0) is 6.54 Å². The summed E-state index contributed by atoms with van der Waals surface area (Å²) in [6.07, 6.45) is 1.48. The van der Waals surface area contributed by atoms with E-state index < -0.39 is 0 Å². The standard InChI is InChI=1S/C13H11ClN4S/c14-11-4-2-1-3-10(11)8-16-12-7-13(18-9-17-12)19-6-5-15/h1-4,7,9H,6,8H2,(H,16,17,18). The van der Waals surface area contributed by atoms with Crippen molar-refractivity contribution in [2.45, 2.75) is 11.6 Å². The molecule has 0 saturated carbocycles. The predicted octanol–water partition coefficient (Wildman–Crippen LogP) is 3.36. The van der Waals surface area contributed by atoms with E-state index in [1.165, 1.54) is 18.1 Å². The van der Waals surface area contributed by atoms with Crippen LogP contribution in [0, 0.1) is 11.3 Å². The van der Waals surface area contributed by atoms with E-state index >= 15 is 0 Å². The minimum absolute atomic E-state index is 0.376. The number of halogens is 1. The summed E-state index contributed by atoms with van der Waals surface area (Å²) in [4.78, 5) is 8.21. The molecule has 2 aromatic rings. The van der Waals surface area contributed by atoms with E-state index in [1.807, 2.05) is 30.3 Å². The van der Waals surface area contributed by atoms with Crippen molar-refractivity contribution in [2.24, 2.45) is 0 Å². The normalized spacial score (nSPS) is 9.89. The van der Waals surface area contributed by atoms with E-state index in [9.17, 15) is 0 Å². The summed E-state index contributed by atoms with van der Waals surface area (Å²) < 4.78 is 0. The largest absolute Gasteiger partial charge is 0.366 e. The Morgan fingerprint density at radius 2 is 2.16 bits per heavy atom. The topological polar surface area (TPSA) is 61.6 Å². The molecule has 0 aliphatic rings. The monoisotopic (exact) mass is 290 g/mol. The molecule has 0 saturated heterocycles. The van der Waals surface area contributed by atoms with Crippen molar-refractivity contribution in [3.8, 4) is 6.07 Å². The number of anilines is 1. The first-order valence-corrected chi connectivity index (χ1v) is 6.95. The zero-order valence-electron chi connectivity index (χ0n) is 10.0. The van der Waals surface area contributed by atoms with Gasteiger partial charge in [-0.2, -0.15) is 5.26 Å². The Hall–Kier alpha value is -1.77. The van der Waals surface area contributed by atoms with E-state index in [1.54, 1.807) is 0 Å². The number of hydrogen-bond acceptors (Lipinski definition) is 5. The maximum absolute atomic E-state index is 8.53. The summed E-state index contributed by atoms with van der Waals surface area (Å²) in [5, 5.41) is 13.2. The lowest BCUT2D eigenvalue weighted by Crippen LogP contribution is -2.02. The van der Waals surface area contributed by atoms with Crippen molar-refractivity contribution in [3.05, 3.63) is 47.2 Å². The summed E-state index contributed by atoms with van der Waals surface area (Å²) in [6, 6.07) is 11.5. The first-order chi connectivity index (χ1) is 9.29. The Morgan fingerprint density at radius 3 is 2.95 bits per heavy atom. The first-order valence-electron chi connectivity index (χ1n) is 5.58. The van der Waals surface area contributed by atoms with Gasteiger partial charge in [-0.1, -0.05) is 41.6 Å². The Kier molecular flexibility index (Phi) is 5.01. The highest BCUT2D eigenvalue weighted by Crippen LogP contribution is 2.19. The summed E-state index contributed by atoms with van der Waals surface area (Å²) in [5.41, 5.74) is 1.01. The third-order valence-corrected chi connectivity index (χ3v) is 3.51. The van der Waals surface area contributed by atoms with Gasteiger partial charge < -0.3 is 5.32 Å². The molecule has 0 spiro atoms. The molecule has 0 aliphatic carbocycles. The number of benzene rings is 1. The molecule has 19 heavy (non-hydrogen) atoms. The number of aromatic nitrogens is 2. The zero-order valence-corrected chi connectivity index (χ0v) is 11.6. The summed E-state index contributed by atoms with van der Waals surface area (Å²) in [7, 11) is 0. The summed E-state index contributed by atoms with van der Waals surface area (Å²) in [6.45, 7) is 0.596. The fraction of sp³-hybridized carbons (Fsp3) is 0.154. The molecule has 1 aromatic carbocycles. The van der Waals surface area contributed by atoms with Crippen LogP contribution in [0.15, 0.2) is 41.7 Å². The number of rotatable bonds is 5. The van der Waals surface area contributed by atoms with Gasteiger partial charge in [-0.25, -0.2) is 9.97 Å². The second kappa shape index (κ2) is 6.98. The molecular weight excluding hydrogens is 280 g/mol. The molecule has 0 fully saturated rings. The van der Waals surface area contributed by atoms with Gasteiger partial charge in [0.1, 0.15) is 17.2 Å². The Balaban J connectivity index is 2.00. The Bertz CT molecular complexity index is 597. The van der Waals surface area contributed by atoms with Crippen LogP contribution < -0.4 is 5.32 Å². The molecule has 0 unspecified atom stereocenters. The fourth-order valence-corrected chi connectivity index (χ4v) is 2.18. The quantitative estimate of drug-likeness (QED) is 0.676. The van der Waals surface area contributed by atoms with E-state index in [0.717, 1.165) is 21.4 Å². The SMILES string of the molecule is N#CCSc1cc(NCc2ccccc2Cl)ncn1. The molecule has 4 nitrogen and oxygen atoms in total. The van der Waals surface area contributed by atoms with E-state index in [4.69, 9.17) is 16.9 Å². The number of nitriles is 1. The molecule has 0 atom stereocenters. The second-order valence-corrected chi connectivity index (χ2v) is 5.04. The number of nitrogens with one attached hydrogen (secondary N) is 1. The van der Waals surface area contributed by atoms with Crippen LogP contribution in [0.1, 0.15) is 5.56 Å². The van der Waals surface area contributed by atoms with Gasteiger partial charge in [0, 0.05) is 17.6 Å². The van der Waals surface area contributed by atoms with Crippen LogP contribution >= 0.6 is 23.4 Å². The van der Waals surface area contributed by atoms with Crippen LogP contribution in [0.5, 0.6) is 0 Å². The minimum atomic E-state index is 0.376. The highest BCUT2D eigenvalue weighted by molar-refractivity contribution is 7.99. The average Bonchev–Trinajstić information content (AvgIpc) is 2.45. The molecule has 0 bridgehead atoms. The number of thioether (sulfide) groups is 1. The molecule has 0 aliphatic heterocycles. The summed E-state index contributed by atoms with van der Waals surface area (Å²) >= 11 is 7.46. The molecule has 1 N–H and O–H groups in total. The smallest absolute Gasteiger partial charge is 0.130 e. The van der Waals surface area contributed by atoms with Crippen molar-refractivity contribution in [1.82, 2.24) is 9.97 Å². The molecule has 96 valence electrons. The fourth-order valence-electron chi connectivity index (χ4n) is 1.45. The lowest BCUT2D eigenvalue weighted by Gasteiger charge is -2.07. The third-order valence-electron chi connectivity index (χ3n) is 2.34. The molecule has 6 heteroatoms. The van der Waals surface area contributed by atoms with Crippen LogP contribution in [0.4, 0.5) is 5.82 Å². The Labute approximate surface area is 120 Å². The number of hydrogen-bond donors (Lipinski definition) is 1. The van der Waals surface area contributed by atoms with Crippen LogP contribution in [0.2, 0.25) is 5.02 Å². The van der Waals surface area contributed by atoms with Crippen molar-refractivity contribution in [2.75, 3.05) is 11.1 Å². The van der Waals surface area contributed by atoms with E-state index in [-0.39, 0.29) is 0 Å². The summed E-state index contributed by atoms with van der Waals surface area (Å²) in [5.74, 6) is 1.09. The predicted molar refractivity (Wildman–Crippen MR) is 77.1 cm³/mol. The lowest BCUT2D eigenvalue weighted by atomic mass is 10.2. The van der Waals surface area contributed by atoms with Crippen LogP contribution in [-0.4, -0.2) is 15.7 Å². The van der Waals surface area contributed by atoms with Gasteiger partial charge in [-0.15, -0.1) is 0 Å². The third kappa shape index (κ3) is 4.12. The van der Waals surface area contributed by atoms with E-state index in [0.29, 0.717) is 12.3 Å². The van der Waals surface area contributed by atoms with Crippen molar-refractivity contribution < 1.29 is 0 Å². The van der Waals surface area contributed by atoms with E-state index in [2.05, 4.69) is 21.4 Å². The van der Waals surface area contributed by atoms with Crippen LogP contribution in [0.25, 0.3) is 0 Å². The molecule has 2 rings (SSSR count). The molecular formula is C13H11ClN4S. The zero-order chi connectivity index (χ0) is 13.5. The van der Waals surface area contributed by atoms with Crippen molar-refractivity contribution in [1.29, 1.82) is 5.26 Å². The van der Waals surface area contributed by atoms with Crippen LogP contribution in [0.3, 0.4) is 0 Å². The van der Waals surface area contributed by atoms with Crippen molar-refractivity contribution in [3.63, 3.8) is 0 Å². The maximum Gasteiger partial charge on any atom is 0.130 e. The number of nitrogens with zero attached hydrogens (tertiary/aromatic N) is 3.